The van der Waals surface area contributed by atoms with Gasteiger partial charge < -0.3 is 14.4 Å². The normalized spacial score (nSPS) is 13.1. The van der Waals surface area contributed by atoms with Gasteiger partial charge in [-0.3, -0.25) is 10.1 Å². The number of piperidine rings is 1. The Morgan fingerprint density at radius 2 is 1.40 bits per heavy atom. The van der Waals surface area contributed by atoms with Crippen LogP contribution in [0.25, 0.3) is 17.7 Å². The van der Waals surface area contributed by atoms with E-state index in [1.54, 1.807) is 19.1 Å². The van der Waals surface area contributed by atoms with Crippen LogP contribution < -0.4 is 4.90 Å². The van der Waals surface area contributed by atoms with Gasteiger partial charge in [-0.1, -0.05) is 67.3 Å². The summed E-state index contributed by atoms with van der Waals surface area (Å²) in [6.45, 7) is 12.6. The van der Waals surface area contributed by atoms with Gasteiger partial charge in [0.2, 0.25) is 0 Å². The highest BCUT2D eigenvalue weighted by Gasteiger charge is 2.22. The number of aryl methyl sites for hydroxylation is 1. The molecule has 1 fully saturated rings. The van der Waals surface area contributed by atoms with Gasteiger partial charge in [-0.15, -0.1) is 0 Å². The number of methoxy groups -OCH3 is 1. The molecule has 3 aromatic carbocycles. The number of nitro groups is 1. The zero-order valence-corrected chi connectivity index (χ0v) is 24.2. The van der Waals surface area contributed by atoms with Crippen molar-refractivity contribution in [2.24, 2.45) is 0 Å². The second kappa shape index (κ2) is 15.1. The Kier molecular flexibility index (Phi) is 11.4. The quantitative estimate of drug-likeness (QED) is 0.0945. The first kappa shape index (κ1) is 31.5. The number of esters is 2. The topological polar surface area (TPSA) is 99.0 Å². The summed E-state index contributed by atoms with van der Waals surface area (Å²) in [5, 5.41) is 10.7. The Balaban J connectivity index is 0.000000312. The number of carbonyl (C=O) groups excluding carboxylic acids is 2. The molecule has 218 valence electrons. The van der Waals surface area contributed by atoms with Crippen LogP contribution in [-0.4, -0.2) is 43.2 Å². The van der Waals surface area contributed by atoms with Crippen LogP contribution >= 0.6 is 0 Å². The molecule has 0 bridgehead atoms. The molecule has 8 nitrogen and oxygen atoms in total. The van der Waals surface area contributed by atoms with E-state index in [1.165, 1.54) is 19.2 Å². The Labute approximate surface area is 246 Å². The van der Waals surface area contributed by atoms with Crippen LogP contribution in [0.3, 0.4) is 0 Å². The van der Waals surface area contributed by atoms with Crippen molar-refractivity contribution in [2.45, 2.75) is 32.8 Å². The van der Waals surface area contributed by atoms with Crippen molar-refractivity contribution >= 4 is 41.0 Å². The van der Waals surface area contributed by atoms with Crippen LogP contribution in [0.15, 0.2) is 91.5 Å². The molecule has 0 radical (unpaired) electrons. The Morgan fingerprint density at radius 1 is 0.881 bits per heavy atom. The third-order valence-electron chi connectivity index (χ3n) is 6.73. The first-order chi connectivity index (χ1) is 20.1. The molecule has 0 amide bonds. The van der Waals surface area contributed by atoms with Gasteiger partial charge in [0.25, 0.3) is 5.69 Å². The molecule has 1 aliphatic rings. The number of anilines is 1. The molecular weight excluding hydrogens is 532 g/mol. The third-order valence-corrected chi connectivity index (χ3v) is 6.73. The van der Waals surface area contributed by atoms with Gasteiger partial charge in [-0.2, -0.15) is 0 Å². The lowest BCUT2D eigenvalue weighted by molar-refractivity contribution is -0.384. The third kappa shape index (κ3) is 9.30. The number of non-ortho nitro benzene ring substituents is 1. The summed E-state index contributed by atoms with van der Waals surface area (Å²) in [6.07, 6.45) is 5.48. The molecule has 0 spiro atoms. The molecule has 42 heavy (non-hydrogen) atoms. The highest BCUT2D eigenvalue weighted by atomic mass is 16.6. The van der Waals surface area contributed by atoms with Crippen molar-refractivity contribution in [1.82, 2.24) is 0 Å². The lowest BCUT2D eigenvalue weighted by Crippen LogP contribution is -2.37. The van der Waals surface area contributed by atoms with Crippen molar-refractivity contribution in [3.63, 3.8) is 0 Å². The molecular formula is C34H36N2O6. The van der Waals surface area contributed by atoms with E-state index >= 15 is 0 Å². The monoisotopic (exact) mass is 568 g/mol. The van der Waals surface area contributed by atoms with Crippen LogP contribution in [0, 0.1) is 17.0 Å². The molecule has 0 unspecified atom stereocenters. The average molecular weight is 569 g/mol. The number of benzene rings is 3. The first-order valence-corrected chi connectivity index (χ1v) is 13.6. The number of nitro benzene ring substituents is 1. The highest BCUT2D eigenvalue weighted by Crippen LogP contribution is 2.23. The molecule has 3 aromatic rings. The molecule has 1 aliphatic heterocycles. The number of nitrogens with zero attached hydrogens (tertiary/aromatic N) is 2. The van der Waals surface area contributed by atoms with Crippen LogP contribution in [-0.2, 0) is 19.1 Å². The number of hydrogen-bond acceptors (Lipinski definition) is 7. The number of rotatable bonds is 8. The summed E-state index contributed by atoms with van der Waals surface area (Å²) in [6, 6.07) is 22.3. The highest BCUT2D eigenvalue weighted by molar-refractivity contribution is 6.15. The predicted octanol–water partition coefficient (Wildman–Crippen LogP) is 7.03. The molecule has 0 saturated carbocycles. The predicted molar refractivity (Wildman–Crippen MR) is 167 cm³/mol. The van der Waals surface area contributed by atoms with Crippen molar-refractivity contribution in [1.29, 1.82) is 0 Å². The summed E-state index contributed by atoms with van der Waals surface area (Å²) in [4.78, 5) is 35.3. The zero-order chi connectivity index (χ0) is 30.6. The second-order valence-corrected chi connectivity index (χ2v) is 9.98. The maximum atomic E-state index is 11.6. The lowest BCUT2D eigenvalue weighted by Gasteiger charge is -2.33. The van der Waals surface area contributed by atoms with E-state index in [9.17, 15) is 19.7 Å². The summed E-state index contributed by atoms with van der Waals surface area (Å²) in [7, 11) is 1.35. The van der Waals surface area contributed by atoms with Crippen LogP contribution in [0.5, 0.6) is 0 Å². The minimum absolute atomic E-state index is 0.0423. The number of carbonyl (C=O) groups is 2. The molecule has 1 saturated heterocycles. The molecule has 1 heterocycles. The Morgan fingerprint density at radius 3 is 1.88 bits per heavy atom. The van der Waals surface area contributed by atoms with Gasteiger partial charge in [0, 0.05) is 49.3 Å². The largest absolute Gasteiger partial charge is 0.465 e. The molecule has 0 atom stereocenters. The Bertz CT molecular complexity index is 1430. The second-order valence-electron chi connectivity index (χ2n) is 9.98. The number of hydrogen-bond donors (Lipinski definition) is 0. The van der Waals surface area contributed by atoms with E-state index in [0.29, 0.717) is 11.1 Å². The summed E-state index contributed by atoms with van der Waals surface area (Å²) >= 11 is 0. The summed E-state index contributed by atoms with van der Waals surface area (Å²) in [5.41, 5.74) is 5.97. The van der Waals surface area contributed by atoms with Crippen LogP contribution in [0.4, 0.5) is 11.4 Å². The van der Waals surface area contributed by atoms with E-state index in [1.807, 2.05) is 55.5 Å². The standard InChI is InChI=1S/C23H24N2O4.C11H12O2/c1-17(2)23(26)29-22-13-15-24(16-14-22)20-9-5-18(6-10-20)3-4-19-7-11-21(12-8-19)25(27)28;1-8-4-6-10(7-5-8)9(2)11(12)13-3/h3-12,22H,1,13-16H2,2H3;4-7H,2H2,1,3H3. The van der Waals surface area contributed by atoms with Gasteiger partial charge in [0.15, 0.2) is 0 Å². The summed E-state index contributed by atoms with van der Waals surface area (Å²) in [5.74, 6) is -0.698. The molecule has 4 rings (SSSR count). The smallest absolute Gasteiger partial charge is 0.337 e. The minimum Gasteiger partial charge on any atom is -0.465 e. The minimum atomic E-state index is -0.403. The molecule has 0 N–H and O–H groups in total. The van der Waals surface area contributed by atoms with Crippen molar-refractivity contribution in [3.8, 4) is 0 Å². The Hall–Kier alpha value is -4.98. The van der Waals surface area contributed by atoms with Crippen LogP contribution in [0.2, 0.25) is 0 Å². The molecule has 0 aliphatic carbocycles. The SMILES string of the molecule is C=C(C(=O)OC)c1ccc(C)cc1.C=C(C)C(=O)OC1CCN(c2ccc(C=Cc3ccc([N+](=O)[O-])cc3)cc2)CC1. The molecule has 8 heteroatoms. The average Bonchev–Trinajstić information content (AvgIpc) is 3.00. The maximum absolute atomic E-state index is 11.6. The first-order valence-electron chi connectivity index (χ1n) is 13.6. The molecule has 0 aromatic heterocycles. The van der Waals surface area contributed by atoms with Crippen molar-refractivity contribution in [3.05, 3.63) is 124 Å². The van der Waals surface area contributed by atoms with Gasteiger partial charge in [-0.25, -0.2) is 9.59 Å². The van der Waals surface area contributed by atoms with Crippen molar-refractivity contribution in [2.75, 3.05) is 25.1 Å². The van der Waals surface area contributed by atoms with E-state index in [0.717, 1.165) is 53.9 Å². The fourth-order valence-electron chi connectivity index (χ4n) is 4.18. The van der Waals surface area contributed by atoms with Gasteiger partial charge >= 0.3 is 11.9 Å². The van der Waals surface area contributed by atoms with Gasteiger partial charge in [0.1, 0.15) is 6.10 Å². The van der Waals surface area contributed by atoms with Gasteiger partial charge in [-0.05, 0) is 54.8 Å². The fourth-order valence-corrected chi connectivity index (χ4v) is 4.18. The zero-order valence-electron chi connectivity index (χ0n) is 24.2. The maximum Gasteiger partial charge on any atom is 0.337 e. The van der Waals surface area contributed by atoms with Crippen molar-refractivity contribution < 1.29 is 24.0 Å². The van der Waals surface area contributed by atoms with Crippen LogP contribution in [0.1, 0.15) is 42.0 Å². The summed E-state index contributed by atoms with van der Waals surface area (Å²) < 4.78 is 10.00. The van der Waals surface area contributed by atoms with E-state index in [2.05, 4.69) is 34.9 Å². The lowest BCUT2D eigenvalue weighted by atomic mass is 10.1. The van der Waals surface area contributed by atoms with E-state index in [-0.39, 0.29) is 23.7 Å². The van der Waals surface area contributed by atoms with E-state index < -0.39 is 4.92 Å². The van der Waals surface area contributed by atoms with E-state index in [4.69, 9.17) is 4.74 Å². The van der Waals surface area contributed by atoms with Gasteiger partial charge in [0.05, 0.1) is 17.6 Å². The fraction of sp³-hybridized carbons (Fsp3) is 0.235. The number of ether oxygens (including phenoxy) is 2.